The first-order valence-electron chi connectivity index (χ1n) is 6.91. The number of sulfonamides is 1. The molecule has 20 heavy (non-hydrogen) atoms. The van der Waals surface area contributed by atoms with Gasteiger partial charge >= 0.3 is 0 Å². The van der Waals surface area contributed by atoms with Crippen LogP contribution in [-0.2, 0) is 10.0 Å². The van der Waals surface area contributed by atoms with Crippen LogP contribution < -0.4 is 10.0 Å². The van der Waals surface area contributed by atoms with Crippen molar-refractivity contribution in [1.82, 2.24) is 14.6 Å². The van der Waals surface area contributed by atoms with Gasteiger partial charge in [0, 0.05) is 25.8 Å². The molecule has 112 valence electrons. The van der Waals surface area contributed by atoms with Crippen molar-refractivity contribution in [3.8, 4) is 0 Å². The molecular weight excluding hydrogens is 276 g/mol. The molecule has 1 unspecified atom stereocenters. The molecule has 0 saturated carbocycles. The highest BCUT2D eigenvalue weighted by Crippen LogP contribution is 2.17. The van der Waals surface area contributed by atoms with Crippen LogP contribution in [0, 0.1) is 0 Å². The quantitative estimate of drug-likeness (QED) is 0.816. The number of likely N-dealkylation sites (tertiary alicyclic amines) is 1. The number of hydrogen-bond acceptors (Lipinski definition) is 5. The molecule has 1 aromatic heterocycles. The first-order valence-corrected chi connectivity index (χ1v) is 8.39. The van der Waals surface area contributed by atoms with Crippen molar-refractivity contribution >= 4 is 15.8 Å². The Hall–Kier alpha value is -1.18. The first-order chi connectivity index (χ1) is 9.54. The molecule has 0 spiro atoms. The van der Waals surface area contributed by atoms with Crippen LogP contribution in [0.5, 0.6) is 0 Å². The van der Waals surface area contributed by atoms with Crippen molar-refractivity contribution in [3.05, 3.63) is 18.3 Å². The summed E-state index contributed by atoms with van der Waals surface area (Å²) in [4.78, 5) is 6.53. The summed E-state index contributed by atoms with van der Waals surface area (Å²) in [6.45, 7) is 4.57. The van der Waals surface area contributed by atoms with Crippen LogP contribution >= 0.6 is 0 Å². The van der Waals surface area contributed by atoms with Crippen LogP contribution in [0.1, 0.15) is 19.8 Å². The van der Waals surface area contributed by atoms with Gasteiger partial charge in [-0.1, -0.05) is 0 Å². The fourth-order valence-electron chi connectivity index (χ4n) is 2.41. The SMILES string of the molecule is CNc1ncccc1S(=O)(=O)NCC(C)N1CCCC1. The Bertz CT molecular complexity index is 541. The molecular formula is C13H22N4O2S. The Morgan fingerprint density at radius 1 is 1.40 bits per heavy atom. The third-order valence-electron chi connectivity index (χ3n) is 3.63. The number of nitrogens with zero attached hydrogens (tertiary/aromatic N) is 2. The van der Waals surface area contributed by atoms with Gasteiger partial charge in [-0.3, -0.25) is 4.90 Å². The third kappa shape index (κ3) is 3.47. The molecule has 1 fully saturated rings. The van der Waals surface area contributed by atoms with Gasteiger partial charge < -0.3 is 5.32 Å². The Kier molecular flexibility index (Phi) is 4.95. The van der Waals surface area contributed by atoms with Crippen molar-refractivity contribution in [3.63, 3.8) is 0 Å². The molecule has 1 aliphatic heterocycles. The van der Waals surface area contributed by atoms with Crippen molar-refractivity contribution in [2.24, 2.45) is 0 Å². The normalized spacial score (nSPS) is 18.1. The van der Waals surface area contributed by atoms with E-state index in [0.717, 1.165) is 13.1 Å². The number of rotatable bonds is 6. The number of hydrogen-bond donors (Lipinski definition) is 2. The average molecular weight is 298 g/mol. The molecule has 1 atom stereocenters. The van der Waals surface area contributed by atoms with E-state index in [1.54, 1.807) is 25.4 Å². The van der Waals surface area contributed by atoms with Crippen LogP contribution in [0.15, 0.2) is 23.2 Å². The Morgan fingerprint density at radius 2 is 2.10 bits per heavy atom. The lowest BCUT2D eigenvalue weighted by molar-refractivity contribution is 0.260. The second kappa shape index (κ2) is 6.51. The van der Waals surface area contributed by atoms with Crippen LogP contribution in [-0.4, -0.2) is 51.0 Å². The molecule has 6 nitrogen and oxygen atoms in total. The average Bonchev–Trinajstić information content (AvgIpc) is 2.99. The number of anilines is 1. The number of pyridine rings is 1. The van der Waals surface area contributed by atoms with Crippen molar-refractivity contribution in [2.75, 3.05) is 32.0 Å². The summed E-state index contributed by atoms with van der Waals surface area (Å²) in [5.74, 6) is 0.369. The predicted octanol–water partition coefficient (Wildman–Crippen LogP) is 0.886. The van der Waals surface area contributed by atoms with E-state index in [1.165, 1.54) is 12.8 Å². The molecule has 1 aromatic rings. The van der Waals surface area contributed by atoms with Crippen LogP contribution in [0.25, 0.3) is 0 Å². The second-order valence-electron chi connectivity index (χ2n) is 5.04. The molecule has 2 heterocycles. The van der Waals surface area contributed by atoms with Gasteiger partial charge in [-0.05, 0) is 45.0 Å². The standard InChI is InChI=1S/C13H22N4O2S/c1-11(17-8-3-4-9-17)10-16-20(18,19)12-6-5-7-15-13(12)14-2/h5-7,11,16H,3-4,8-10H2,1-2H3,(H,14,15). The first kappa shape index (κ1) is 15.2. The predicted molar refractivity (Wildman–Crippen MR) is 79.2 cm³/mol. The summed E-state index contributed by atoms with van der Waals surface area (Å²) >= 11 is 0. The molecule has 0 aromatic carbocycles. The summed E-state index contributed by atoms with van der Waals surface area (Å²) < 4.78 is 27.3. The lowest BCUT2D eigenvalue weighted by Crippen LogP contribution is -2.40. The summed E-state index contributed by atoms with van der Waals surface area (Å²) in [6, 6.07) is 3.39. The van der Waals surface area contributed by atoms with Crippen LogP contribution in [0.3, 0.4) is 0 Å². The fraction of sp³-hybridized carbons (Fsp3) is 0.615. The summed E-state index contributed by atoms with van der Waals surface area (Å²) in [6.07, 6.45) is 3.96. The van der Waals surface area contributed by atoms with E-state index >= 15 is 0 Å². The van der Waals surface area contributed by atoms with Crippen molar-refractivity contribution in [1.29, 1.82) is 0 Å². The number of aromatic nitrogens is 1. The third-order valence-corrected chi connectivity index (χ3v) is 5.08. The van der Waals surface area contributed by atoms with Gasteiger partial charge in [0.05, 0.1) is 0 Å². The van der Waals surface area contributed by atoms with Crippen LogP contribution in [0.2, 0.25) is 0 Å². The maximum atomic E-state index is 12.3. The molecule has 0 aliphatic carbocycles. The number of nitrogens with one attached hydrogen (secondary N) is 2. The monoisotopic (exact) mass is 298 g/mol. The maximum Gasteiger partial charge on any atom is 0.244 e. The molecule has 0 bridgehead atoms. The summed E-state index contributed by atoms with van der Waals surface area (Å²) in [5, 5.41) is 2.80. The molecule has 1 saturated heterocycles. The molecule has 2 N–H and O–H groups in total. The van der Waals surface area contributed by atoms with Crippen molar-refractivity contribution < 1.29 is 8.42 Å². The maximum absolute atomic E-state index is 12.3. The van der Waals surface area contributed by atoms with E-state index < -0.39 is 10.0 Å². The smallest absolute Gasteiger partial charge is 0.244 e. The minimum Gasteiger partial charge on any atom is -0.372 e. The highest BCUT2D eigenvalue weighted by Gasteiger charge is 2.22. The lowest BCUT2D eigenvalue weighted by atomic mass is 10.3. The topological polar surface area (TPSA) is 74.3 Å². The fourth-order valence-corrected chi connectivity index (χ4v) is 3.70. The molecule has 0 radical (unpaired) electrons. The van der Waals surface area contributed by atoms with Gasteiger partial charge in [0.2, 0.25) is 10.0 Å². The highest BCUT2D eigenvalue weighted by molar-refractivity contribution is 7.89. The zero-order chi connectivity index (χ0) is 14.6. The van der Waals surface area contributed by atoms with E-state index in [1.807, 2.05) is 0 Å². The van der Waals surface area contributed by atoms with E-state index in [4.69, 9.17) is 0 Å². The molecule has 7 heteroatoms. The van der Waals surface area contributed by atoms with Gasteiger partial charge in [-0.2, -0.15) is 0 Å². The summed E-state index contributed by atoms with van der Waals surface area (Å²) in [7, 11) is -1.87. The van der Waals surface area contributed by atoms with Gasteiger partial charge in [-0.25, -0.2) is 18.1 Å². The van der Waals surface area contributed by atoms with Gasteiger partial charge in [-0.15, -0.1) is 0 Å². The van der Waals surface area contributed by atoms with Crippen molar-refractivity contribution in [2.45, 2.75) is 30.7 Å². The van der Waals surface area contributed by atoms with Gasteiger partial charge in [0.1, 0.15) is 10.7 Å². The Balaban J connectivity index is 2.03. The van der Waals surface area contributed by atoms with E-state index in [-0.39, 0.29) is 10.9 Å². The zero-order valence-electron chi connectivity index (χ0n) is 12.0. The Labute approximate surface area is 120 Å². The largest absolute Gasteiger partial charge is 0.372 e. The molecule has 1 aliphatic rings. The molecule has 0 amide bonds. The van der Waals surface area contributed by atoms with E-state index in [0.29, 0.717) is 12.4 Å². The molecule has 2 rings (SSSR count). The van der Waals surface area contributed by atoms with Gasteiger partial charge in [0.15, 0.2) is 0 Å². The van der Waals surface area contributed by atoms with E-state index in [9.17, 15) is 8.42 Å². The van der Waals surface area contributed by atoms with Crippen LogP contribution in [0.4, 0.5) is 5.82 Å². The summed E-state index contributed by atoms with van der Waals surface area (Å²) in [5.41, 5.74) is 0. The second-order valence-corrected chi connectivity index (χ2v) is 6.78. The van der Waals surface area contributed by atoms with E-state index in [2.05, 4.69) is 26.8 Å². The van der Waals surface area contributed by atoms with Gasteiger partial charge in [0.25, 0.3) is 0 Å². The minimum atomic E-state index is -3.53. The minimum absolute atomic E-state index is 0.191. The Morgan fingerprint density at radius 3 is 2.75 bits per heavy atom. The highest BCUT2D eigenvalue weighted by atomic mass is 32.2. The lowest BCUT2D eigenvalue weighted by Gasteiger charge is -2.23. The zero-order valence-corrected chi connectivity index (χ0v) is 12.8.